The number of fused-ring (bicyclic) bond motifs is 1. The maximum Gasteiger partial charge on any atom is 0.348 e. The van der Waals surface area contributed by atoms with Crippen molar-refractivity contribution < 1.29 is 14.6 Å². The highest BCUT2D eigenvalue weighted by molar-refractivity contribution is 5.85. The van der Waals surface area contributed by atoms with E-state index in [2.05, 4.69) is 4.98 Å². The van der Waals surface area contributed by atoms with Crippen LogP contribution in [0.3, 0.4) is 0 Å². The third-order valence-electron chi connectivity index (χ3n) is 4.65. The summed E-state index contributed by atoms with van der Waals surface area (Å²) in [7, 11) is 0. The number of aromatic nitrogens is 2. The molecule has 4 rings (SSSR count). The third-order valence-corrected chi connectivity index (χ3v) is 4.65. The van der Waals surface area contributed by atoms with Gasteiger partial charge in [-0.05, 0) is 23.3 Å². The summed E-state index contributed by atoms with van der Waals surface area (Å²) in [6.45, 7) is -0.235. The summed E-state index contributed by atoms with van der Waals surface area (Å²) >= 11 is 0. The fourth-order valence-electron chi connectivity index (χ4n) is 3.18. The first-order valence-corrected chi connectivity index (χ1v) is 9.07. The van der Waals surface area contributed by atoms with Crippen LogP contribution < -0.4 is 5.56 Å². The molecule has 0 fully saturated rings. The van der Waals surface area contributed by atoms with Crippen molar-refractivity contribution in [2.24, 2.45) is 0 Å². The lowest BCUT2D eigenvalue weighted by Crippen LogP contribution is -2.38. The second-order valence-electron chi connectivity index (χ2n) is 6.53. The van der Waals surface area contributed by atoms with Crippen molar-refractivity contribution in [2.45, 2.75) is 12.2 Å². The summed E-state index contributed by atoms with van der Waals surface area (Å²) in [5.41, 5.74) is -0.715. The molecule has 2 aromatic carbocycles. The van der Waals surface area contributed by atoms with Crippen LogP contribution in [0.4, 0.5) is 0 Å². The number of esters is 1. The lowest BCUT2D eigenvalue weighted by Gasteiger charge is -2.27. The van der Waals surface area contributed by atoms with Crippen molar-refractivity contribution in [3.63, 3.8) is 0 Å². The lowest BCUT2D eigenvalue weighted by molar-refractivity contribution is -0.163. The largest absolute Gasteiger partial charge is 0.457 e. The topological polar surface area (TPSA) is 80.9 Å². The highest BCUT2D eigenvalue weighted by atomic mass is 16.5. The molecule has 0 aliphatic heterocycles. The predicted molar refractivity (Wildman–Crippen MR) is 107 cm³/mol. The van der Waals surface area contributed by atoms with Crippen LogP contribution in [0.1, 0.15) is 16.8 Å². The normalized spacial score (nSPS) is 11.3. The summed E-state index contributed by atoms with van der Waals surface area (Å²) in [5, 5.41) is 11.4. The second kappa shape index (κ2) is 7.69. The van der Waals surface area contributed by atoms with Gasteiger partial charge in [-0.2, -0.15) is 0 Å². The van der Waals surface area contributed by atoms with Crippen molar-refractivity contribution in [3.05, 3.63) is 118 Å². The van der Waals surface area contributed by atoms with Crippen molar-refractivity contribution in [1.82, 2.24) is 9.38 Å². The SMILES string of the molecule is O=C(OCc1cc(=O)n2ccccc2n1)C(O)(c1ccccc1)c1ccccc1. The number of rotatable bonds is 5. The molecule has 0 bridgehead atoms. The zero-order chi connectivity index (χ0) is 20.3. The van der Waals surface area contributed by atoms with Crippen molar-refractivity contribution in [2.75, 3.05) is 0 Å². The molecule has 0 amide bonds. The molecular weight excluding hydrogens is 368 g/mol. The molecule has 0 spiro atoms. The Bertz CT molecular complexity index is 1160. The number of hydrogen-bond donors (Lipinski definition) is 1. The number of aliphatic hydroxyl groups is 1. The van der Waals surface area contributed by atoms with E-state index in [1.807, 2.05) is 0 Å². The quantitative estimate of drug-likeness (QED) is 0.534. The van der Waals surface area contributed by atoms with E-state index in [9.17, 15) is 14.7 Å². The van der Waals surface area contributed by atoms with Gasteiger partial charge < -0.3 is 9.84 Å². The van der Waals surface area contributed by atoms with E-state index in [0.717, 1.165) is 0 Å². The fraction of sp³-hybridized carbons (Fsp3) is 0.0870. The Balaban J connectivity index is 1.65. The van der Waals surface area contributed by atoms with E-state index in [0.29, 0.717) is 22.5 Å². The van der Waals surface area contributed by atoms with Gasteiger partial charge in [0.2, 0.25) is 5.60 Å². The Labute approximate surface area is 166 Å². The Kier molecular flexibility index (Phi) is 4.93. The molecule has 2 heterocycles. The van der Waals surface area contributed by atoms with Gasteiger partial charge in [-0.1, -0.05) is 66.7 Å². The van der Waals surface area contributed by atoms with Crippen molar-refractivity contribution >= 4 is 11.6 Å². The fourth-order valence-corrected chi connectivity index (χ4v) is 3.18. The van der Waals surface area contributed by atoms with Crippen LogP contribution >= 0.6 is 0 Å². The molecule has 0 aliphatic carbocycles. The number of nitrogens with zero attached hydrogens (tertiary/aromatic N) is 2. The number of hydrogen-bond acceptors (Lipinski definition) is 5. The molecule has 4 aromatic rings. The van der Waals surface area contributed by atoms with Crippen molar-refractivity contribution in [3.8, 4) is 0 Å². The second-order valence-corrected chi connectivity index (χ2v) is 6.53. The van der Waals surface area contributed by atoms with E-state index in [4.69, 9.17) is 4.74 Å². The molecule has 0 atom stereocenters. The first kappa shape index (κ1) is 18.6. The molecule has 29 heavy (non-hydrogen) atoms. The maximum atomic E-state index is 13.0. The van der Waals surface area contributed by atoms with Crippen LogP contribution in [0.15, 0.2) is 95.9 Å². The average molecular weight is 386 g/mol. The smallest absolute Gasteiger partial charge is 0.348 e. The Hall–Kier alpha value is -3.77. The Morgan fingerprint density at radius 3 is 2.14 bits per heavy atom. The molecule has 0 saturated carbocycles. The summed E-state index contributed by atoms with van der Waals surface area (Å²) in [6, 6.07) is 23.7. The van der Waals surface area contributed by atoms with Gasteiger partial charge in [0.15, 0.2) is 0 Å². The van der Waals surface area contributed by atoms with E-state index < -0.39 is 11.6 Å². The van der Waals surface area contributed by atoms with Crippen LogP contribution in [-0.4, -0.2) is 20.5 Å². The van der Waals surface area contributed by atoms with Crippen molar-refractivity contribution in [1.29, 1.82) is 0 Å². The molecule has 6 nitrogen and oxygen atoms in total. The molecule has 0 aliphatic rings. The molecule has 2 aromatic heterocycles. The number of carbonyl (C=O) groups is 1. The monoisotopic (exact) mass is 386 g/mol. The number of pyridine rings is 1. The Morgan fingerprint density at radius 1 is 0.931 bits per heavy atom. The zero-order valence-electron chi connectivity index (χ0n) is 15.4. The summed E-state index contributed by atoms with van der Waals surface area (Å²) in [5.74, 6) is -0.843. The minimum Gasteiger partial charge on any atom is -0.457 e. The van der Waals surface area contributed by atoms with E-state index >= 15 is 0 Å². The van der Waals surface area contributed by atoms with Crippen LogP contribution in [-0.2, 0) is 21.7 Å². The first-order chi connectivity index (χ1) is 14.1. The summed E-state index contributed by atoms with van der Waals surface area (Å²) in [6.07, 6.45) is 1.62. The highest BCUT2D eigenvalue weighted by Gasteiger charge is 2.41. The first-order valence-electron chi connectivity index (χ1n) is 9.07. The molecular formula is C23H18N2O4. The maximum absolute atomic E-state index is 13.0. The van der Waals surface area contributed by atoms with Gasteiger partial charge in [0, 0.05) is 12.3 Å². The Morgan fingerprint density at radius 2 is 1.52 bits per heavy atom. The standard InChI is InChI=1S/C23H18N2O4/c26-21-15-19(24-20-13-7-8-14-25(20)21)16-29-22(27)23(28,17-9-3-1-4-10-17)18-11-5-2-6-12-18/h1-15,28H,16H2. The third kappa shape index (κ3) is 3.53. The lowest BCUT2D eigenvalue weighted by atomic mass is 9.86. The highest BCUT2D eigenvalue weighted by Crippen LogP contribution is 2.31. The summed E-state index contributed by atoms with van der Waals surface area (Å²) in [4.78, 5) is 29.6. The van der Waals surface area contributed by atoms with Crippen LogP contribution in [0.5, 0.6) is 0 Å². The van der Waals surface area contributed by atoms with Gasteiger partial charge in [-0.25, -0.2) is 9.78 Å². The number of ether oxygens (including phenoxy) is 1. The van der Waals surface area contributed by atoms with Crippen LogP contribution in [0, 0.1) is 0 Å². The van der Waals surface area contributed by atoms with Crippen LogP contribution in [0.2, 0.25) is 0 Å². The number of carbonyl (C=O) groups excluding carboxylic acids is 1. The molecule has 144 valence electrons. The van der Waals surface area contributed by atoms with E-state index in [1.165, 1.54) is 10.5 Å². The van der Waals surface area contributed by atoms with Crippen LogP contribution in [0.25, 0.3) is 5.65 Å². The zero-order valence-corrected chi connectivity index (χ0v) is 15.4. The van der Waals surface area contributed by atoms with E-state index in [-0.39, 0.29) is 12.2 Å². The van der Waals surface area contributed by atoms with Gasteiger partial charge in [-0.15, -0.1) is 0 Å². The molecule has 6 heteroatoms. The van der Waals surface area contributed by atoms with Gasteiger partial charge in [0.25, 0.3) is 5.56 Å². The number of benzene rings is 2. The van der Waals surface area contributed by atoms with Gasteiger partial charge in [-0.3, -0.25) is 9.20 Å². The summed E-state index contributed by atoms with van der Waals surface area (Å²) < 4.78 is 6.80. The van der Waals surface area contributed by atoms with Gasteiger partial charge >= 0.3 is 5.97 Å². The molecule has 0 radical (unpaired) electrons. The van der Waals surface area contributed by atoms with Gasteiger partial charge in [0.1, 0.15) is 12.3 Å². The van der Waals surface area contributed by atoms with Gasteiger partial charge in [0.05, 0.1) is 5.69 Å². The molecule has 0 saturated heterocycles. The molecule has 0 unspecified atom stereocenters. The minimum absolute atomic E-state index is 0.235. The predicted octanol–water partition coefficient (Wildman–Crippen LogP) is 2.67. The van der Waals surface area contributed by atoms with E-state index in [1.54, 1.807) is 85.1 Å². The minimum atomic E-state index is -1.98. The average Bonchev–Trinajstić information content (AvgIpc) is 2.78. The molecule has 1 N–H and O–H groups in total.